The number of carboxylic acids is 1. The first-order valence-corrected chi connectivity index (χ1v) is 7.71. The largest absolute Gasteiger partial charge is 0.478 e. The lowest BCUT2D eigenvalue weighted by molar-refractivity contribution is -0.111. The van der Waals surface area contributed by atoms with Gasteiger partial charge in [0.2, 0.25) is 0 Å². The predicted octanol–water partition coefficient (Wildman–Crippen LogP) is 3.78. The van der Waals surface area contributed by atoms with Crippen LogP contribution in [0.15, 0.2) is 45.8 Å². The van der Waals surface area contributed by atoms with Crippen molar-refractivity contribution in [2.75, 3.05) is 5.32 Å². The molecule has 0 amide bonds. The molecule has 4 nitrogen and oxygen atoms in total. The Kier molecular flexibility index (Phi) is 3.84. The van der Waals surface area contributed by atoms with Crippen LogP contribution in [-0.2, 0) is 4.79 Å². The van der Waals surface area contributed by atoms with E-state index in [4.69, 9.17) is 5.11 Å². The first-order chi connectivity index (χ1) is 10.1. The molecule has 0 aromatic heterocycles. The quantitative estimate of drug-likeness (QED) is 0.832. The molecule has 2 N–H and O–H groups in total. The molecule has 0 fully saturated rings. The molecule has 1 heterocycles. The number of rotatable bonds is 3. The number of nitrogens with one attached hydrogen (secondary N) is 1. The van der Waals surface area contributed by atoms with Gasteiger partial charge in [0, 0.05) is 17.5 Å². The number of carbonyl (C=O) groups excluding carboxylic acids is 1. The normalized spacial score (nSPS) is 19.8. The van der Waals surface area contributed by atoms with Crippen LogP contribution in [0.3, 0.4) is 0 Å². The number of anilines is 1. The summed E-state index contributed by atoms with van der Waals surface area (Å²) in [4.78, 5) is 25.0. The zero-order valence-electron chi connectivity index (χ0n) is 11.4. The maximum Gasteiger partial charge on any atom is 0.335 e. The molecule has 1 aromatic rings. The Morgan fingerprint density at radius 1 is 1.19 bits per heavy atom. The van der Waals surface area contributed by atoms with E-state index in [1.54, 1.807) is 30.1 Å². The summed E-state index contributed by atoms with van der Waals surface area (Å²) in [6.07, 6.45) is 5.89. The fraction of sp³-hybridized carbons (Fsp3) is 0.250. The fourth-order valence-corrected chi connectivity index (χ4v) is 3.67. The third-order valence-corrected chi connectivity index (χ3v) is 4.87. The van der Waals surface area contributed by atoms with Gasteiger partial charge in [-0.3, -0.25) is 4.79 Å². The van der Waals surface area contributed by atoms with Crippen LogP contribution in [0.25, 0.3) is 0 Å². The topological polar surface area (TPSA) is 66.4 Å². The third-order valence-electron chi connectivity index (χ3n) is 3.65. The van der Waals surface area contributed by atoms with E-state index in [2.05, 4.69) is 5.32 Å². The van der Waals surface area contributed by atoms with Gasteiger partial charge in [-0.2, -0.15) is 0 Å². The van der Waals surface area contributed by atoms with Crippen molar-refractivity contribution in [2.45, 2.75) is 25.7 Å². The van der Waals surface area contributed by atoms with Crippen molar-refractivity contribution in [2.24, 2.45) is 0 Å². The molecule has 2 aliphatic rings. The maximum absolute atomic E-state index is 12.2. The monoisotopic (exact) mass is 301 g/mol. The molecule has 0 radical (unpaired) electrons. The Morgan fingerprint density at radius 2 is 1.90 bits per heavy atom. The highest BCUT2D eigenvalue weighted by atomic mass is 32.2. The van der Waals surface area contributed by atoms with Crippen LogP contribution in [0, 0.1) is 0 Å². The number of aromatic carboxylic acids is 1. The van der Waals surface area contributed by atoms with Gasteiger partial charge in [-0.05, 0) is 54.9 Å². The molecule has 108 valence electrons. The number of hydrogen-bond donors (Lipinski definition) is 2. The molecule has 0 bridgehead atoms. The van der Waals surface area contributed by atoms with Gasteiger partial charge < -0.3 is 10.4 Å². The minimum atomic E-state index is -0.946. The van der Waals surface area contributed by atoms with E-state index >= 15 is 0 Å². The van der Waals surface area contributed by atoms with Crippen LogP contribution in [0.4, 0.5) is 5.69 Å². The van der Waals surface area contributed by atoms with E-state index < -0.39 is 5.97 Å². The van der Waals surface area contributed by atoms with E-state index in [-0.39, 0.29) is 11.3 Å². The second-order valence-electron chi connectivity index (χ2n) is 5.08. The van der Waals surface area contributed by atoms with E-state index in [0.717, 1.165) is 41.8 Å². The SMILES string of the molecule is O=C1C2=C(CCCC2)S/C1=C\Nc1ccc(C(=O)O)cc1. The molecule has 21 heavy (non-hydrogen) atoms. The van der Waals surface area contributed by atoms with Crippen LogP contribution in [0.2, 0.25) is 0 Å². The van der Waals surface area contributed by atoms with Gasteiger partial charge in [0.25, 0.3) is 0 Å². The van der Waals surface area contributed by atoms with Crippen molar-refractivity contribution in [3.05, 3.63) is 51.4 Å². The van der Waals surface area contributed by atoms with Crippen molar-refractivity contribution in [1.82, 2.24) is 0 Å². The van der Waals surface area contributed by atoms with Crippen molar-refractivity contribution in [3.63, 3.8) is 0 Å². The second-order valence-corrected chi connectivity index (χ2v) is 6.21. The van der Waals surface area contributed by atoms with Gasteiger partial charge in [0.15, 0.2) is 5.78 Å². The summed E-state index contributed by atoms with van der Waals surface area (Å²) in [6, 6.07) is 6.46. The minimum Gasteiger partial charge on any atom is -0.478 e. The molecular formula is C16H15NO3S. The van der Waals surface area contributed by atoms with E-state index in [1.807, 2.05) is 0 Å². The molecule has 0 atom stereocenters. The Balaban J connectivity index is 1.70. The standard InChI is InChI=1S/C16H15NO3S/c18-15-12-3-1-2-4-13(12)21-14(15)9-17-11-7-5-10(6-8-11)16(19)20/h5-9,17H,1-4H2,(H,19,20)/b14-9-. The van der Waals surface area contributed by atoms with Crippen molar-refractivity contribution >= 4 is 29.2 Å². The number of allylic oxidation sites excluding steroid dienone is 3. The van der Waals surface area contributed by atoms with Gasteiger partial charge >= 0.3 is 5.97 Å². The fourth-order valence-electron chi connectivity index (χ4n) is 2.51. The van der Waals surface area contributed by atoms with Crippen molar-refractivity contribution in [3.8, 4) is 0 Å². The summed E-state index contributed by atoms with van der Waals surface area (Å²) in [5.74, 6) is -0.803. The molecule has 5 heteroatoms. The second kappa shape index (κ2) is 5.77. The van der Waals surface area contributed by atoms with Crippen molar-refractivity contribution < 1.29 is 14.7 Å². The zero-order valence-corrected chi connectivity index (χ0v) is 12.2. The lowest BCUT2D eigenvalue weighted by Crippen LogP contribution is -2.03. The highest BCUT2D eigenvalue weighted by Gasteiger charge is 2.30. The van der Waals surface area contributed by atoms with Gasteiger partial charge in [-0.15, -0.1) is 0 Å². The summed E-state index contributed by atoms with van der Waals surface area (Å²) in [7, 11) is 0. The summed E-state index contributed by atoms with van der Waals surface area (Å²) in [5.41, 5.74) is 2.00. The summed E-state index contributed by atoms with van der Waals surface area (Å²) in [5, 5.41) is 11.9. The van der Waals surface area contributed by atoms with E-state index in [0.29, 0.717) is 0 Å². The highest BCUT2D eigenvalue weighted by molar-refractivity contribution is 8.08. The first kappa shape index (κ1) is 13.9. The molecule has 0 saturated heterocycles. The lowest BCUT2D eigenvalue weighted by Gasteiger charge is -2.09. The van der Waals surface area contributed by atoms with Crippen LogP contribution in [0.1, 0.15) is 36.0 Å². The van der Waals surface area contributed by atoms with Crippen LogP contribution < -0.4 is 5.32 Å². The molecule has 0 unspecified atom stereocenters. The Bertz CT molecular complexity index is 659. The molecule has 1 aromatic carbocycles. The highest BCUT2D eigenvalue weighted by Crippen LogP contribution is 2.45. The van der Waals surface area contributed by atoms with Crippen molar-refractivity contribution in [1.29, 1.82) is 0 Å². The zero-order chi connectivity index (χ0) is 14.8. The summed E-state index contributed by atoms with van der Waals surface area (Å²) >= 11 is 1.56. The molecule has 0 spiro atoms. The smallest absolute Gasteiger partial charge is 0.335 e. The number of hydrogen-bond acceptors (Lipinski definition) is 4. The number of thioether (sulfide) groups is 1. The minimum absolute atomic E-state index is 0.143. The maximum atomic E-state index is 12.2. The molecule has 0 saturated carbocycles. The average Bonchev–Trinajstić information content (AvgIpc) is 2.82. The first-order valence-electron chi connectivity index (χ1n) is 6.90. The summed E-state index contributed by atoms with van der Waals surface area (Å²) in [6.45, 7) is 0. The van der Waals surface area contributed by atoms with Gasteiger partial charge in [0.1, 0.15) is 0 Å². The Labute approximate surface area is 126 Å². The number of ketones is 1. The molecule has 1 aliphatic carbocycles. The van der Waals surface area contributed by atoms with Gasteiger partial charge in [-0.25, -0.2) is 4.79 Å². The molecular weight excluding hydrogens is 286 g/mol. The summed E-state index contributed by atoms with van der Waals surface area (Å²) < 4.78 is 0. The Hall–Kier alpha value is -2.01. The average molecular weight is 301 g/mol. The van der Waals surface area contributed by atoms with Gasteiger partial charge in [0.05, 0.1) is 10.5 Å². The van der Waals surface area contributed by atoms with Crippen LogP contribution >= 0.6 is 11.8 Å². The number of carboxylic acid groups (broad SMARTS) is 1. The predicted molar refractivity (Wildman–Crippen MR) is 83.2 cm³/mol. The van der Waals surface area contributed by atoms with Crippen LogP contribution in [0.5, 0.6) is 0 Å². The molecule has 3 rings (SSSR count). The molecule has 1 aliphatic heterocycles. The van der Waals surface area contributed by atoms with E-state index in [9.17, 15) is 9.59 Å². The number of carbonyl (C=O) groups is 2. The lowest BCUT2D eigenvalue weighted by atomic mass is 9.96. The number of Topliss-reactive ketones (excluding diaryl/α,β-unsaturated/α-hetero) is 1. The van der Waals surface area contributed by atoms with E-state index in [1.165, 1.54) is 17.0 Å². The number of benzene rings is 1. The Morgan fingerprint density at radius 3 is 2.57 bits per heavy atom. The van der Waals surface area contributed by atoms with Gasteiger partial charge in [-0.1, -0.05) is 11.8 Å². The third kappa shape index (κ3) is 2.88. The van der Waals surface area contributed by atoms with Crippen LogP contribution in [-0.4, -0.2) is 16.9 Å².